The van der Waals surface area contributed by atoms with Gasteiger partial charge in [-0.2, -0.15) is 0 Å². The Hall–Kier alpha value is -1.26. The Morgan fingerprint density at radius 1 is 1.33 bits per heavy atom. The second kappa shape index (κ2) is 6.61. The summed E-state index contributed by atoms with van der Waals surface area (Å²) in [5.74, 6) is -0.811. The monoisotopic (exact) mass is 258 g/mol. The molecule has 0 aromatic rings. The number of carboxylic acids is 1. The number of nitrogens with one attached hydrogen (secondary N) is 1. The molecule has 0 aliphatic rings. The standard InChI is InChI=1S/C13H26N2O3/c1-7-13(4,5)15(6)12(18)14-10(9(2)3)8-11(16)17/h9-10H,7-8H2,1-6H3,(H,14,18)(H,16,17). The van der Waals surface area contributed by atoms with Crippen LogP contribution in [0.4, 0.5) is 4.79 Å². The van der Waals surface area contributed by atoms with E-state index in [1.54, 1.807) is 11.9 Å². The molecule has 0 heterocycles. The number of rotatable bonds is 6. The van der Waals surface area contributed by atoms with Gasteiger partial charge in [0.2, 0.25) is 0 Å². The van der Waals surface area contributed by atoms with Crippen LogP contribution in [0.2, 0.25) is 0 Å². The van der Waals surface area contributed by atoms with Crippen LogP contribution < -0.4 is 5.32 Å². The van der Waals surface area contributed by atoms with Gasteiger partial charge in [0.05, 0.1) is 6.42 Å². The lowest BCUT2D eigenvalue weighted by atomic mass is 9.99. The highest BCUT2D eigenvalue weighted by Gasteiger charge is 2.28. The molecule has 5 heteroatoms. The molecule has 2 amide bonds. The fourth-order valence-electron chi connectivity index (χ4n) is 1.41. The molecule has 0 aliphatic heterocycles. The SMILES string of the molecule is CCC(C)(C)N(C)C(=O)NC(CC(=O)O)C(C)C. The molecule has 0 fully saturated rings. The van der Waals surface area contributed by atoms with Gasteiger partial charge in [-0.1, -0.05) is 20.8 Å². The summed E-state index contributed by atoms with van der Waals surface area (Å²) < 4.78 is 0. The lowest BCUT2D eigenvalue weighted by Crippen LogP contribution is -2.53. The summed E-state index contributed by atoms with van der Waals surface area (Å²) in [7, 11) is 1.73. The molecule has 0 aromatic carbocycles. The van der Waals surface area contributed by atoms with Gasteiger partial charge in [0.25, 0.3) is 0 Å². The molecule has 1 atom stereocenters. The number of urea groups is 1. The van der Waals surface area contributed by atoms with Gasteiger partial charge < -0.3 is 15.3 Å². The molecule has 2 N–H and O–H groups in total. The lowest BCUT2D eigenvalue weighted by molar-refractivity contribution is -0.137. The fraction of sp³-hybridized carbons (Fsp3) is 0.846. The third-order valence-corrected chi connectivity index (χ3v) is 3.59. The van der Waals surface area contributed by atoms with Crippen LogP contribution in [0.1, 0.15) is 47.5 Å². The van der Waals surface area contributed by atoms with Gasteiger partial charge in [0.15, 0.2) is 0 Å². The minimum Gasteiger partial charge on any atom is -0.481 e. The Bertz CT molecular complexity index is 301. The van der Waals surface area contributed by atoms with Gasteiger partial charge in [-0.25, -0.2) is 4.79 Å². The Labute approximate surface area is 110 Å². The van der Waals surface area contributed by atoms with Crippen LogP contribution >= 0.6 is 0 Å². The number of carbonyl (C=O) groups is 2. The first-order valence-electron chi connectivity index (χ1n) is 6.38. The molecular weight excluding hydrogens is 232 g/mol. The maximum atomic E-state index is 12.1. The zero-order chi connectivity index (χ0) is 14.5. The predicted molar refractivity (Wildman–Crippen MR) is 71.5 cm³/mol. The summed E-state index contributed by atoms with van der Waals surface area (Å²) in [6.45, 7) is 9.78. The normalized spacial score (nSPS) is 13.3. The van der Waals surface area contributed by atoms with E-state index in [1.165, 1.54) is 0 Å². The molecule has 0 rings (SSSR count). The first kappa shape index (κ1) is 16.7. The Morgan fingerprint density at radius 3 is 2.17 bits per heavy atom. The highest BCUT2D eigenvalue weighted by molar-refractivity contribution is 5.76. The number of amides is 2. The maximum absolute atomic E-state index is 12.1. The van der Waals surface area contributed by atoms with E-state index in [2.05, 4.69) is 5.32 Å². The van der Waals surface area contributed by atoms with E-state index in [0.29, 0.717) is 0 Å². The number of hydrogen-bond donors (Lipinski definition) is 2. The van der Waals surface area contributed by atoms with Crippen molar-refractivity contribution in [1.29, 1.82) is 0 Å². The van der Waals surface area contributed by atoms with E-state index in [1.807, 2.05) is 34.6 Å². The molecule has 0 spiro atoms. The second-order valence-corrected chi connectivity index (χ2v) is 5.62. The van der Waals surface area contributed by atoms with Crippen molar-refractivity contribution in [3.05, 3.63) is 0 Å². The summed E-state index contributed by atoms with van der Waals surface area (Å²) in [5, 5.41) is 11.6. The van der Waals surface area contributed by atoms with Gasteiger partial charge in [0, 0.05) is 18.6 Å². The molecule has 1 unspecified atom stereocenters. The number of carbonyl (C=O) groups excluding carboxylic acids is 1. The van der Waals surface area contributed by atoms with Gasteiger partial charge >= 0.3 is 12.0 Å². The first-order valence-corrected chi connectivity index (χ1v) is 6.38. The van der Waals surface area contributed by atoms with E-state index in [-0.39, 0.29) is 30.0 Å². The van der Waals surface area contributed by atoms with Crippen LogP contribution in [0.3, 0.4) is 0 Å². The third kappa shape index (κ3) is 4.94. The minimum absolute atomic E-state index is 0.0518. The van der Waals surface area contributed by atoms with Crippen molar-refractivity contribution < 1.29 is 14.7 Å². The van der Waals surface area contributed by atoms with Crippen molar-refractivity contribution in [3.63, 3.8) is 0 Å². The van der Waals surface area contributed by atoms with Crippen LogP contribution in [0.25, 0.3) is 0 Å². The average Bonchev–Trinajstić information content (AvgIpc) is 2.26. The second-order valence-electron chi connectivity index (χ2n) is 5.62. The molecule has 106 valence electrons. The number of carboxylic acid groups (broad SMARTS) is 1. The van der Waals surface area contributed by atoms with Gasteiger partial charge in [-0.05, 0) is 26.2 Å². The van der Waals surface area contributed by atoms with Crippen LogP contribution in [0.15, 0.2) is 0 Å². The van der Waals surface area contributed by atoms with E-state index < -0.39 is 5.97 Å². The van der Waals surface area contributed by atoms with Crippen LogP contribution in [-0.4, -0.2) is 40.6 Å². The van der Waals surface area contributed by atoms with E-state index in [4.69, 9.17) is 5.11 Å². The molecule has 0 radical (unpaired) electrons. The Morgan fingerprint density at radius 2 is 1.83 bits per heavy atom. The molecular formula is C13H26N2O3. The van der Waals surface area contributed by atoms with Crippen LogP contribution in [0, 0.1) is 5.92 Å². The topological polar surface area (TPSA) is 69.6 Å². The van der Waals surface area contributed by atoms with Crippen LogP contribution in [-0.2, 0) is 4.79 Å². The summed E-state index contributed by atoms with van der Waals surface area (Å²) in [4.78, 5) is 24.4. The predicted octanol–water partition coefficient (Wildman–Crippen LogP) is 2.32. The van der Waals surface area contributed by atoms with Crippen molar-refractivity contribution in [2.24, 2.45) is 5.92 Å². The Kier molecular flexibility index (Phi) is 6.15. The van der Waals surface area contributed by atoms with Crippen molar-refractivity contribution in [1.82, 2.24) is 10.2 Å². The summed E-state index contributed by atoms with van der Waals surface area (Å²) in [6.07, 6.45) is 0.784. The molecule has 0 aliphatic carbocycles. The maximum Gasteiger partial charge on any atom is 0.317 e. The zero-order valence-corrected chi connectivity index (χ0v) is 12.3. The van der Waals surface area contributed by atoms with Gasteiger partial charge in [-0.15, -0.1) is 0 Å². The van der Waals surface area contributed by atoms with Crippen molar-refractivity contribution in [2.45, 2.75) is 59.0 Å². The molecule has 0 bridgehead atoms. The third-order valence-electron chi connectivity index (χ3n) is 3.59. The number of aliphatic carboxylic acids is 1. The quantitative estimate of drug-likeness (QED) is 0.768. The molecule has 5 nitrogen and oxygen atoms in total. The van der Waals surface area contributed by atoms with Crippen LogP contribution in [0.5, 0.6) is 0 Å². The smallest absolute Gasteiger partial charge is 0.317 e. The molecule has 0 saturated heterocycles. The van der Waals surface area contributed by atoms with Crippen molar-refractivity contribution in [3.8, 4) is 0 Å². The van der Waals surface area contributed by atoms with Gasteiger partial charge in [-0.3, -0.25) is 4.79 Å². The highest BCUT2D eigenvalue weighted by atomic mass is 16.4. The number of nitrogens with zero attached hydrogens (tertiary/aromatic N) is 1. The minimum atomic E-state index is -0.897. The first-order chi connectivity index (χ1) is 8.11. The van der Waals surface area contributed by atoms with E-state index >= 15 is 0 Å². The largest absolute Gasteiger partial charge is 0.481 e. The Balaban J connectivity index is 4.65. The summed E-state index contributed by atoms with van der Waals surface area (Å²) in [5.41, 5.74) is -0.241. The molecule has 0 aromatic heterocycles. The fourth-order valence-corrected chi connectivity index (χ4v) is 1.41. The molecule has 18 heavy (non-hydrogen) atoms. The molecule has 0 saturated carbocycles. The van der Waals surface area contributed by atoms with Gasteiger partial charge in [0.1, 0.15) is 0 Å². The average molecular weight is 258 g/mol. The highest BCUT2D eigenvalue weighted by Crippen LogP contribution is 2.17. The van der Waals surface area contributed by atoms with E-state index in [9.17, 15) is 9.59 Å². The van der Waals surface area contributed by atoms with Crippen molar-refractivity contribution in [2.75, 3.05) is 7.05 Å². The summed E-state index contributed by atoms with van der Waals surface area (Å²) in [6, 6.07) is -0.563. The summed E-state index contributed by atoms with van der Waals surface area (Å²) >= 11 is 0. The zero-order valence-electron chi connectivity index (χ0n) is 12.3. The lowest BCUT2D eigenvalue weighted by Gasteiger charge is -2.36. The van der Waals surface area contributed by atoms with E-state index in [0.717, 1.165) is 6.42 Å². The number of hydrogen-bond acceptors (Lipinski definition) is 2. The van der Waals surface area contributed by atoms with Crippen molar-refractivity contribution >= 4 is 12.0 Å².